The van der Waals surface area contributed by atoms with E-state index in [2.05, 4.69) is 5.32 Å². The molecule has 120 valence electrons. The van der Waals surface area contributed by atoms with Crippen LogP contribution in [0.2, 0.25) is 0 Å². The molecule has 2 rings (SSSR count). The summed E-state index contributed by atoms with van der Waals surface area (Å²) in [6.07, 6.45) is 1.05. The molecule has 0 saturated carbocycles. The first kappa shape index (κ1) is 16.4. The van der Waals surface area contributed by atoms with Crippen molar-refractivity contribution in [1.29, 1.82) is 0 Å². The van der Waals surface area contributed by atoms with Crippen LogP contribution in [0.1, 0.15) is 28.8 Å². The highest BCUT2D eigenvalue weighted by atomic mass is 32.2. The number of carboxylic acids is 1. The molecule has 0 spiro atoms. The van der Waals surface area contributed by atoms with Crippen molar-refractivity contribution in [3.8, 4) is 0 Å². The number of hydrogen-bond donors (Lipinski definition) is 2. The average Bonchev–Trinajstić information content (AvgIpc) is 2.96. The van der Waals surface area contributed by atoms with Crippen LogP contribution in [-0.4, -0.2) is 49.3 Å². The monoisotopic (exact) mass is 326 g/mol. The van der Waals surface area contributed by atoms with E-state index < -0.39 is 22.0 Å². The van der Waals surface area contributed by atoms with Gasteiger partial charge in [0.1, 0.15) is 6.04 Å². The minimum absolute atomic E-state index is 0.0586. The van der Waals surface area contributed by atoms with Gasteiger partial charge in [-0.2, -0.15) is 4.31 Å². The van der Waals surface area contributed by atoms with E-state index in [-0.39, 0.29) is 22.9 Å². The second-order valence-electron chi connectivity index (χ2n) is 5.17. The molecule has 1 heterocycles. The molecular formula is C14H18N2O5S. The highest BCUT2D eigenvalue weighted by Crippen LogP contribution is 2.27. The number of likely N-dealkylation sites (N-methyl/N-ethyl adjacent to an activating group) is 1. The summed E-state index contributed by atoms with van der Waals surface area (Å²) in [5.74, 6) is -1.54. The summed E-state index contributed by atoms with van der Waals surface area (Å²) in [5.41, 5.74) is 0.424. The lowest BCUT2D eigenvalue weighted by Crippen LogP contribution is -2.44. The Kier molecular flexibility index (Phi) is 4.52. The zero-order valence-corrected chi connectivity index (χ0v) is 13.2. The summed E-state index contributed by atoms with van der Waals surface area (Å²) in [6, 6.07) is 3.23. The van der Waals surface area contributed by atoms with Gasteiger partial charge >= 0.3 is 5.97 Å². The van der Waals surface area contributed by atoms with Crippen LogP contribution >= 0.6 is 0 Å². The van der Waals surface area contributed by atoms with Gasteiger partial charge in [-0.15, -0.1) is 0 Å². The molecule has 1 amide bonds. The third kappa shape index (κ3) is 2.84. The van der Waals surface area contributed by atoms with Gasteiger partial charge in [-0.05, 0) is 37.5 Å². The van der Waals surface area contributed by atoms with Gasteiger partial charge in [0.25, 0.3) is 0 Å². The van der Waals surface area contributed by atoms with Crippen molar-refractivity contribution in [2.75, 3.05) is 13.6 Å². The fourth-order valence-electron chi connectivity index (χ4n) is 2.58. The fourth-order valence-corrected chi connectivity index (χ4v) is 4.27. The summed E-state index contributed by atoms with van der Waals surface area (Å²) >= 11 is 0. The Morgan fingerprint density at radius 2 is 2.05 bits per heavy atom. The Morgan fingerprint density at radius 1 is 1.36 bits per heavy atom. The van der Waals surface area contributed by atoms with Crippen LogP contribution < -0.4 is 5.32 Å². The number of benzene rings is 1. The number of aryl methyl sites for hydroxylation is 1. The van der Waals surface area contributed by atoms with Crippen LogP contribution in [0.4, 0.5) is 0 Å². The zero-order chi connectivity index (χ0) is 16.5. The highest BCUT2D eigenvalue weighted by molar-refractivity contribution is 7.89. The van der Waals surface area contributed by atoms with Crippen LogP contribution in [0.3, 0.4) is 0 Å². The average molecular weight is 326 g/mol. The van der Waals surface area contributed by atoms with Crippen LogP contribution in [-0.2, 0) is 14.8 Å². The number of carbonyl (C=O) groups excluding carboxylic acids is 1. The number of nitrogens with zero attached hydrogens (tertiary/aromatic N) is 1. The van der Waals surface area contributed by atoms with Crippen molar-refractivity contribution < 1.29 is 23.1 Å². The van der Waals surface area contributed by atoms with Gasteiger partial charge in [-0.1, -0.05) is 6.07 Å². The Hall–Kier alpha value is -1.93. The molecule has 22 heavy (non-hydrogen) atoms. The summed E-state index contributed by atoms with van der Waals surface area (Å²) in [4.78, 5) is 22.9. The molecular weight excluding hydrogens is 308 g/mol. The first-order chi connectivity index (χ1) is 10.3. The smallest absolute Gasteiger partial charge is 0.335 e. The van der Waals surface area contributed by atoms with E-state index >= 15 is 0 Å². The molecule has 1 aromatic rings. The third-order valence-electron chi connectivity index (χ3n) is 3.80. The van der Waals surface area contributed by atoms with E-state index in [4.69, 9.17) is 5.11 Å². The molecule has 0 aliphatic carbocycles. The molecule has 1 aliphatic rings. The zero-order valence-electron chi connectivity index (χ0n) is 12.4. The number of carbonyl (C=O) groups is 2. The minimum Gasteiger partial charge on any atom is -0.478 e. The van der Waals surface area contributed by atoms with Crippen LogP contribution in [0.5, 0.6) is 0 Å². The molecule has 1 atom stereocenters. The summed E-state index contributed by atoms with van der Waals surface area (Å²) < 4.78 is 26.5. The van der Waals surface area contributed by atoms with Crippen molar-refractivity contribution in [1.82, 2.24) is 9.62 Å². The van der Waals surface area contributed by atoms with Gasteiger partial charge in [0.05, 0.1) is 10.5 Å². The minimum atomic E-state index is -3.91. The van der Waals surface area contributed by atoms with Crippen molar-refractivity contribution in [2.24, 2.45) is 0 Å². The van der Waals surface area contributed by atoms with E-state index in [1.165, 1.54) is 19.2 Å². The molecule has 1 aliphatic heterocycles. The second-order valence-corrected chi connectivity index (χ2v) is 7.06. The van der Waals surface area contributed by atoms with E-state index in [1.807, 2.05) is 0 Å². The van der Waals surface area contributed by atoms with Crippen molar-refractivity contribution in [3.63, 3.8) is 0 Å². The van der Waals surface area contributed by atoms with E-state index in [0.29, 0.717) is 18.4 Å². The maximum Gasteiger partial charge on any atom is 0.335 e. The molecule has 1 fully saturated rings. The summed E-state index contributed by atoms with van der Waals surface area (Å²) in [5, 5.41) is 11.6. The predicted molar refractivity (Wildman–Crippen MR) is 79.1 cm³/mol. The lowest BCUT2D eigenvalue weighted by molar-refractivity contribution is -0.123. The molecule has 1 saturated heterocycles. The second kappa shape index (κ2) is 6.05. The maximum atomic E-state index is 12.7. The largest absolute Gasteiger partial charge is 0.478 e. The first-order valence-corrected chi connectivity index (χ1v) is 8.30. The van der Waals surface area contributed by atoms with E-state index in [1.54, 1.807) is 6.92 Å². The molecule has 8 heteroatoms. The Labute approximate surface area is 129 Å². The van der Waals surface area contributed by atoms with Crippen LogP contribution in [0.25, 0.3) is 0 Å². The number of hydrogen-bond acceptors (Lipinski definition) is 4. The van der Waals surface area contributed by atoms with Gasteiger partial charge in [-0.25, -0.2) is 13.2 Å². The maximum absolute atomic E-state index is 12.7. The molecule has 0 radical (unpaired) electrons. The molecule has 0 aromatic heterocycles. The van der Waals surface area contributed by atoms with Gasteiger partial charge in [0.15, 0.2) is 0 Å². The van der Waals surface area contributed by atoms with Crippen LogP contribution in [0.15, 0.2) is 23.1 Å². The van der Waals surface area contributed by atoms with E-state index in [0.717, 1.165) is 10.4 Å². The number of rotatable bonds is 4. The van der Waals surface area contributed by atoms with E-state index in [9.17, 15) is 18.0 Å². The van der Waals surface area contributed by atoms with Crippen molar-refractivity contribution in [3.05, 3.63) is 29.3 Å². The number of nitrogens with one attached hydrogen (secondary N) is 1. The molecule has 0 unspecified atom stereocenters. The number of carboxylic acid groups (broad SMARTS) is 1. The van der Waals surface area contributed by atoms with Gasteiger partial charge in [0.2, 0.25) is 15.9 Å². The SMILES string of the molecule is CNC(=O)[C@H]1CCCN1S(=O)(=O)c1ccc(C)c(C(=O)O)c1. The first-order valence-electron chi connectivity index (χ1n) is 6.86. The number of amides is 1. The van der Waals surface area contributed by atoms with Gasteiger partial charge in [0, 0.05) is 13.6 Å². The predicted octanol–water partition coefficient (Wildman–Crippen LogP) is 0.592. The third-order valence-corrected chi connectivity index (χ3v) is 5.70. The van der Waals surface area contributed by atoms with Gasteiger partial charge < -0.3 is 10.4 Å². The molecule has 7 nitrogen and oxygen atoms in total. The Bertz CT molecular complexity index is 714. The van der Waals surface area contributed by atoms with Gasteiger partial charge in [-0.3, -0.25) is 4.79 Å². The van der Waals surface area contributed by atoms with Crippen molar-refractivity contribution >= 4 is 21.9 Å². The highest BCUT2D eigenvalue weighted by Gasteiger charge is 2.39. The molecule has 0 bridgehead atoms. The molecule has 1 aromatic carbocycles. The lowest BCUT2D eigenvalue weighted by Gasteiger charge is -2.23. The number of aromatic carboxylic acids is 1. The normalized spacial score (nSPS) is 19.1. The standard InChI is InChI=1S/C14H18N2O5S/c1-9-5-6-10(8-11(9)14(18)19)22(20,21)16-7-3-4-12(16)13(17)15-2/h5-6,8,12H,3-4,7H2,1-2H3,(H,15,17)(H,18,19)/t12-/m1/s1. The fraction of sp³-hybridized carbons (Fsp3) is 0.429. The topological polar surface area (TPSA) is 104 Å². The summed E-state index contributed by atoms with van der Waals surface area (Å²) in [7, 11) is -2.45. The summed E-state index contributed by atoms with van der Waals surface area (Å²) in [6.45, 7) is 1.85. The Balaban J connectivity index is 2.44. The lowest BCUT2D eigenvalue weighted by atomic mass is 10.1. The quantitative estimate of drug-likeness (QED) is 0.843. The van der Waals surface area contributed by atoms with Crippen LogP contribution in [0, 0.1) is 6.92 Å². The number of sulfonamides is 1. The van der Waals surface area contributed by atoms with Crippen molar-refractivity contribution in [2.45, 2.75) is 30.7 Å². The Morgan fingerprint density at radius 3 is 2.64 bits per heavy atom. The molecule has 2 N–H and O–H groups in total.